The Balaban J connectivity index is 2.17. The molecule has 0 fully saturated rings. The predicted octanol–water partition coefficient (Wildman–Crippen LogP) is 7.06. The molecular weight excluding hydrogens is 630 g/mol. The van der Waals surface area contributed by atoms with Gasteiger partial charge in [-0.25, -0.2) is 57.1 Å². The van der Waals surface area contributed by atoms with Crippen molar-refractivity contribution in [1.82, 2.24) is 0 Å². The summed E-state index contributed by atoms with van der Waals surface area (Å²) in [6.07, 6.45) is 0. The molecule has 0 aliphatic rings. The molecule has 4 aromatic rings. The van der Waals surface area contributed by atoms with E-state index >= 15 is 0 Å². The zero-order valence-electron chi connectivity index (χ0n) is 18.8. The van der Waals surface area contributed by atoms with Crippen molar-refractivity contribution >= 4 is 23.4 Å². The zero-order chi connectivity index (χ0) is 31.7. The van der Waals surface area contributed by atoms with Gasteiger partial charge in [-0.3, -0.25) is 0 Å². The summed E-state index contributed by atoms with van der Waals surface area (Å²) >= 11 is 0. The first-order valence-corrected chi connectivity index (χ1v) is 10.1. The minimum atomic E-state index is -3.97. The summed E-state index contributed by atoms with van der Waals surface area (Å²) in [5.74, 6) is -55.3. The smallest absolute Gasteiger partial charge is 0.517 e. The molecule has 0 aliphatic carbocycles. The lowest BCUT2D eigenvalue weighted by Crippen LogP contribution is -2.47. The molecule has 222 valence electrons. The molecule has 0 saturated carbocycles. The molecule has 2 nitrogen and oxygen atoms in total. The maximum atomic E-state index is 15.0. The minimum absolute atomic E-state index is 2.39. The van der Waals surface area contributed by atoms with E-state index in [-0.39, 0.29) is 0 Å². The Kier molecular flexibility index (Phi) is 7.62. The van der Waals surface area contributed by atoms with E-state index in [9.17, 15) is 74.6 Å². The topological polar surface area (TPSA) is 18.5 Å². The third kappa shape index (κ3) is 4.30. The van der Waals surface area contributed by atoms with Crippen molar-refractivity contribution < 1.29 is 83.9 Å². The average molecular weight is 630 g/mol. The Bertz CT molecular complexity index is 1690. The molecule has 20 heteroatoms. The average Bonchev–Trinajstić information content (AvgIpc) is 2.96. The second-order valence-electron chi connectivity index (χ2n) is 7.73. The van der Waals surface area contributed by atoms with Crippen molar-refractivity contribution in [2.24, 2.45) is 0 Å². The maximum absolute atomic E-state index is 15.0. The van der Waals surface area contributed by atoms with Gasteiger partial charge in [-0.2, -0.15) is 17.6 Å². The summed E-state index contributed by atoms with van der Waals surface area (Å²) in [4.78, 5) is 0. The van der Waals surface area contributed by atoms with Crippen LogP contribution in [0.3, 0.4) is 0 Å². The van der Waals surface area contributed by atoms with E-state index in [1.54, 1.807) is 0 Å². The fraction of sp³-hybridized carbons (Fsp3) is 0. The van der Waals surface area contributed by atoms with E-state index in [0.717, 1.165) is 0 Å². The third-order valence-electron chi connectivity index (χ3n) is 5.40. The van der Waals surface area contributed by atoms with Crippen LogP contribution in [-0.2, 0) is 0 Å². The van der Waals surface area contributed by atoms with Crippen molar-refractivity contribution in [3.63, 3.8) is 0 Å². The summed E-state index contributed by atoms with van der Waals surface area (Å²) < 4.78 is 248. The summed E-state index contributed by atoms with van der Waals surface area (Å²) in [6, 6.07) is 0. The molecule has 0 aromatic heterocycles. The fourth-order valence-electron chi connectivity index (χ4n) is 3.48. The van der Waals surface area contributed by atoms with E-state index in [2.05, 4.69) is 9.31 Å². The third-order valence-corrected chi connectivity index (χ3v) is 5.40. The quantitative estimate of drug-likeness (QED) is 0.102. The summed E-state index contributed by atoms with van der Waals surface area (Å²) in [5, 5.41) is -4.78. The molecular formula is C22BF17O2. The fourth-order valence-corrected chi connectivity index (χ4v) is 3.48. The molecule has 0 unspecified atom stereocenters. The highest BCUT2D eigenvalue weighted by molar-refractivity contribution is 6.66. The van der Waals surface area contributed by atoms with E-state index in [1.807, 2.05) is 0 Å². The Morgan fingerprint density at radius 3 is 0.833 bits per heavy atom. The monoisotopic (exact) mass is 630 g/mol. The van der Waals surface area contributed by atoms with E-state index < -0.39 is 134 Å². The van der Waals surface area contributed by atoms with Gasteiger partial charge in [-0.1, -0.05) is 0 Å². The number of fused-ring (bicyclic) bond motifs is 1. The van der Waals surface area contributed by atoms with Gasteiger partial charge in [0.25, 0.3) is 0 Å². The Morgan fingerprint density at radius 2 is 0.500 bits per heavy atom. The largest absolute Gasteiger partial charge is 0.636 e. The van der Waals surface area contributed by atoms with Gasteiger partial charge in [0.1, 0.15) is 0 Å². The van der Waals surface area contributed by atoms with Crippen LogP contribution in [-0.4, -0.2) is 7.12 Å². The first-order valence-electron chi connectivity index (χ1n) is 10.1. The first-order chi connectivity index (χ1) is 19.4. The van der Waals surface area contributed by atoms with Gasteiger partial charge in [-0.15, -0.1) is 0 Å². The normalized spacial score (nSPS) is 11.5. The van der Waals surface area contributed by atoms with E-state index in [0.29, 0.717) is 0 Å². The summed E-state index contributed by atoms with van der Waals surface area (Å²) in [7, 11) is -3.97. The molecule has 0 radical (unpaired) electrons. The van der Waals surface area contributed by atoms with Gasteiger partial charge in [0.15, 0.2) is 52.2 Å². The molecule has 4 aromatic carbocycles. The van der Waals surface area contributed by atoms with Gasteiger partial charge in [-0.05, 0) is 0 Å². The standard InChI is InChI=1S/C22BF17O2/c24-4-1-2(6(26)10(30)9(4)29)5(25)8(28)7(27)3(1)23(41-21-17(37)13(33)11(31)14(34)18(21)38)42-22-19(39)15(35)12(32)16(36)20(22)40. The van der Waals surface area contributed by atoms with Crippen LogP contribution in [0.15, 0.2) is 0 Å². The number of hydrogen-bond acceptors (Lipinski definition) is 2. The van der Waals surface area contributed by atoms with Crippen molar-refractivity contribution in [2.45, 2.75) is 0 Å². The Morgan fingerprint density at radius 1 is 0.262 bits per heavy atom. The van der Waals surface area contributed by atoms with Crippen LogP contribution in [0.25, 0.3) is 10.8 Å². The van der Waals surface area contributed by atoms with Gasteiger partial charge in [0.2, 0.25) is 58.2 Å². The minimum Gasteiger partial charge on any atom is -0.517 e. The van der Waals surface area contributed by atoms with Crippen LogP contribution >= 0.6 is 0 Å². The van der Waals surface area contributed by atoms with Gasteiger partial charge >= 0.3 is 7.12 Å². The second kappa shape index (κ2) is 10.5. The van der Waals surface area contributed by atoms with Gasteiger partial charge in [0, 0.05) is 5.39 Å². The molecule has 0 N–H and O–H groups in total. The molecule has 0 amide bonds. The van der Waals surface area contributed by atoms with Crippen LogP contribution < -0.4 is 14.8 Å². The molecule has 0 atom stereocenters. The van der Waals surface area contributed by atoms with Crippen molar-refractivity contribution in [3.8, 4) is 11.5 Å². The SMILES string of the molecule is Fc1c(F)c(F)c(OB(Oc2c(F)c(F)c(F)c(F)c2F)c2c(F)c(F)c(F)c3c(F)c(F)c(F)c(F)c23)c(F)c1F. The highest BCUT2D eigenvalue weighted by atomic mass is 19.2. The zero-order valence-corrected chi connectivity index (χ0v) is 18.8. The van der Waals surface area contributed by atoms with Crippen LogP contribution in [0.2, 0.25) is 0 Å². The summed E-state index contributed by atoms with van der Waals surface area (Å²) in [5.41, 5.74) is -2.51. The molecule has 0 bridgehead atoms. The van der Waals surface area contributed by atoms with Crippen molar-refractivity contribution in [2.75, 3.05) is 0 Å². The van der Waals surface area contributed by atoms with E-state index in [4.69, 9.17) is 0 Å². The van der Waals surface area contributed by atoms with Gasteiger partial charge in [0.05, 0.1) is 10.8 Å². The van der Waals surface area contributed by atoms with Crippen LogP contribution in [0.4, 0.5) is 74.6 Å². The molecule has 0 saturated heterocycles. The molecule has 42 heavy (non-hydrogen) atoms. The number of halogens is 17. The lowest BCUT2D eigenvalue weighted by atomic mass is 9.74. The maximum Gasteiger partial charge on any atom is 0.636 e. The lowest BCUT2D eigenvalue weighted by Gasteiger charge is -2.21. The number of hydrogen-bond donors (Lipinski definition) is 0. The first kappa shape index (κ1) is 30.6. The molecule has 0 spiro atoms. The highest BCUT2D eigenvalue weighted by Gasteiger charge is 2.43. The number of benzene rings is 4. The van der Waals surface area contributed by atoms with Crippen LogP contribution in [0.5, 0.6) is 11.5 Å². The Hall–Kier alpha value is -4.39. The van der Waals surface area contributed by atoms with Gasteiger partial charge < -0.3 is 9.31 Å². The van der Waals surface area contributed by atoms with Crippen molar-refractivity contribution in [1.29, 1.82) is 0 Å². The molecule has 0 aliphatic heterocycles. The van der Waals surface area contributed by atoms with Crippen LogP contribution in [0, 0.1) is 98.9 Å². The van der Waals surface area contributed by atoms with Crippen molar-refractivity contribution in [3.05, 3.63) is 98.9 Å². The lowest BCUT2D eigenvalue weighted by molar-refractivity contribution is 0.316. The van der Waals surface area contributed by atoms with E-state index in [1.165, 1.54) is 0 Å². The highest BCUT2D eigenvalue weighted by Crippen LogP contribution is 2.35. The molecule has 4 rings (SSSR count). The predicted molar refractivity (Wildman–Crippen MR) is 103 cm³/mol. The molecule has 0 heterocycles. The second-order valence-corrected chi connectivity index (χ2v) is 7.73. The number of rotatable bonds is 5. The summed E-state index contributed by atoms with van der Waals surface area (Å²) in [6.45, 7) is 0. The van der Waals surface area contributed by atoms with Crippen LogP contribution in [0.1, 0.15) is 0 Å². The Labute approximate surface area is 218 Å².